The van der Waals surface area contributed by atoms with Crippen LogP contribution in [0.4, 0.5) is 8.78 Å². The van der Waals surface area contributed by atoms with Crippen LogP contribution in [0.15, 0.2) is 36.1 Å². The molecular weight excluding hydrogens is 254 g/mol. The van der Waals surface area contributed by atoms with Crippen LogP contribution in [0.3, 0.4) is 0 Å². The van der Waals surface area contributed by atoms with Gasteiger partial charge in [0.15, 0.2) is 11.6 Å². The van der Waals surface area contributed by atoms with Gasteiger partial charge < -0.3 is 9.47 Å². The molecule has 0 aromatic heterocycles. The molecule has 0 aliphatic carbocycles. The number of esters is 1. The molecule has 1 aromatic carbocycles. The normalized spacial score (nSPS) is 19.2. The molecule has 0 bridgehead atoms. The molecular formula is C14H12F2O3. The molecule has 1 atom stereocenters. The van der Waals surface area contributed by atoms with E-state index in [-0.39, 0.29) is 0 Å². The number of ether oxygens (including phenoxy) is 2. The summed E-state index contributed by atoms with van der Waals surface area (Å²) in [5.74, 6) is -1.77. The van der Waals surface area contributed by atoms with E-state index >= 15 is 0 Å². The van der Waals surface area contributed by atoms with Gasteiger partial charge in [0.25, 0.3) is 0 Å². The fourth-order valence-electron chi connectivity index (χ4n) is 1.70. The van der Waals surface area contributed by atoms with Crippen molar-refractivity contribution < 1.29 is 23.0 Å². The molecule has 0 amide bonds. The minimum Gasteiger partial charge on any atom is -0.501 e. The summed E-state index contributed by atoms with van der Waals surface area (Å²) in [6.45, 7) is 0. The quantitative estimate of drug-likeness (QED) is 0.789. The van der Waals surface area contributed by atoms with E-state index < -0.39 is 23.7 Å². The summed E-state index contributed by atoms with van der Waals surface area (Å²) in [7, 11) is 1.47. The lowest BCUT2D eigenvalue weighted by molar-refractivity contribution is -0.142. The third-order valence-electron chi connectivity index (χ3n) is 2.66. The molecule has 100 valence electrons. The number of carbonyl (C=O) groups is 1. The van der Waals surface area contributed by atoms with E-state index in [4.69, 9.17) is 9.47 Å². The fraction of sp³-hybridized carbons (Fsp3) is 0.214. The van der Waals surface area contributed by atoms with Crippen LogP contribution in [0.25, 0.3) is 6.08 Å². The Labute approximate surface area is 109 Å². The summed E-state index contributed by atoms with van der Waals surface area (Å²) in [5, 5.41) is 0. The van der Waals surface area contributed by atoms with Crippen LogP contribution < -0.4 is 0 Å². The molecule has 19 heavy (non-hydrogen) atoms. The molecule has 0 spiro atoms. The summed E-state index contributed by atoms with van der Waals surface area (Å²) in [6, 6.07) is 3.55. The lowest BCUT2D eigenvalue weighted by Gasteiger charge is -2.19. The Bertz CT molecular complexity index is 550. The van der Waals surface area contributed by atoms with Gasteiger partial charge in [0.05, 0.1) is 13.2 Å². The predicted molar refractivity (Wildman–Crippen MR) is 65.0 cm³/mol. The molecule has 0 saturated heterocycles. The molecule has 1 aliphatic heterocycles. The maximum atomic E-state index is 13.0. The Morgan fingerprint density at radius 3 is 2.84 bits per heavy atom. The first-order valence-electron chi connectivity index (χ1n) is 5.67. The van der Waals surface area contributed by atoms with E-state index in [0.717, 1.165) is 12.1 Å². The van der Waals surface area contributed by atoms with Crippen molar-refractivity contribution in [1.29, 1.82) is 0 Å². The molecule has 3 nitrogen and oxygen atoms in total. The highest BCUT2D eigenvalue weighted by atomic mass is 19.2. The van der Waals surface area contributed by atoms with Gasteiger partial charge in [-0.05, 0) is 23.8 Å². The second kappa shape index (κ2) is 5.65. The molecule has 1 aliphatic rings. The topological polar surface area (TPSA) is 35.5 Å². The molecule has 0 radical (unpaired) electrons. The Balaban J connectivity index is 2.08. The van der Waals surface area contributed by atoms with Gasteiger partial charge >= 0.3 is 5.97 Å². The number of halogens is 2. The maximum Gasteiger partial charge on any atom is 0.334 e. The predicted octanol–water partition coefficient (Wildman–Crippen LogP) is 2.82. The second-order valence-corrected chi connectivity index (χ2v) is 4.03. The monoisotopic (exact) mass is 266 g/mol. The van der Waals surface area contributed by atoms with Crippen LogP contribution in [0.1, 0.15) is 12.0 Å². The Morgan fingerprint density at radius 1 is 1.37 bits per heavy atom. The summed E-state index contributed by atoms with van der Waals surface area (Å²) in [5.41, 5.74) is 0.489. The molecule has 1 heterocycles. The smallest absolute Gasteiger partial charge is 0.334 e. The number of hydrogen-bond donors (Lipinski definition) is 0. The highest BCUT2D eigenvalue weighted by Crippen LogP contribution is 2.18. The molecule has 0 unspecified atom stereocenters. The molecule has 0 saturated carbocycles. The van der Waals surface area contributed by atoms with Gasteiger partial charge in [-0.3, -0.25) is 0 Å². The van der Waals surface area contributed by atoms with Crippen molar-refractivity contribution in [2.75, 3.05) is 7.11 Å². The minimum atomic E-state index is -0.916. The molecule has 2 rings (SSSR count). The zero-order valence-electron chi connectivity index (χ0n) is 10.2. The van der Waals surface area contributed by atoms with E-state index in [0.29, 0.717) is 17.7 Å². The van der Waals surface area contributed by atoms with Crippen molar-refractivity contribution >= 4 is 12.0 Å². The number of carbonyl (C=O) groups excluding carboxylic acids is 1. The van der Waals surface area contributed by atoms with E-state index in [1.165, 1.54) is 19.3 Å². The van der Waals surface area contributed by atoms with Crippen molar-refractivity contribution in [3.05, 3.63) is 53.3 Å². The summed E-state index contributed by atoms with van der Waals surface area (Å²) >= 11 is 0. The van der Waals surface area contributed by atoms with Crippen LogP contribution in [-0.4, -0.2) is 19.2 Å². The zero-order chi connectivity index (χ0) is 13.8. The number of hydrogen-bond acceptors (Lipinski definition) is 3. The third kappa shape index (κ3) is 3.40. The van der Waals surface area contributed by atoms with Gasteiger partial charge in [0, 0.05) is 6.42 Å². The maximum absolute atomic E-state index is 13.0. The fourth-order valence-corrected chi connectivity index (χ4v) is 1.70. The van der Waals surface area contributed by atoms with Crippen molar-refractivity contribution in [3.8, 4) is 0 Å². The first kappa shape index (κ1) is 13.3. The minimum absolute atomic E-state index is 0.419. The van der Waals surface area contributed by atoms with Crippen molar-refractivity contribution in [2.45, 2.75) is 12.5 Å². The van der Waals surface area contributed by atoms with Gasteiger partial charge in [-0.2, -0.15) is 0 Å². The van der Waals surface area contributed by atoms with E-state index in [9.17, 15) is 13.6 Å². The highest BCUT2D eigenvalue weighted by Gasteiger charge is 2.19. The lowest BCUT2D eigenvalue weighted by Crippen LogP contribution is -2.21. The average Bonchev–Trinajstić information content (AvgIpc) is 2.39. The number of cyclic esters (lactones) is 1. The Kier molecular flexibility index (Phi) is 3.94. The average molecular weight is 266 g/mol. The van der Waals surface area contributed by atoms with Gasteiger partial charge in [-0.25, -0.2) is 13.6 Å². The standard InChI is InChI=1S/C14H12F2O3/c1-18-11-7-10(19-14(17)8-11)4-2-9-3-5-12(15)13(16)6-9/h2-6,8,10H,7H2,1H3/t10-/m0/s1. The van der Waals surface area contributed by atoms with Crippen LogP contribution in [0.5, 0.6) is 0 Å². The molecule has 1 aromatic rings. The van der Waals surface area contributed by atoms with Gasteiger partial charge in [-0.1, -0.05) is 12.1 Å². The zero-order valence-corrected chi connectivity index (χ0v) is 10.2. The lowest BCUT2D eigenvalue weighted by atomic mass is 10.1. The summed E-state index contributed by atoms with van der Waals surface area (Å²) in [6.07, 6.45) is 4.40. The molecule has 5 heteroatoms. The van der Waals surface area contributed by atoms with Crippen LogP contribution in [0.2, 0.25) is 0 Å². The largest absolute Gasteiger partial charge is 0.501 e. The van der Waals surface area contributed by atoms with Gasteiger partial charge in [0.1, 0.15) is 11.9 Å². The van der Waals surface area contributed by atoms with Gasteiger partial charge in [-0.15, -0.1) is 0 Å². The highest BCUT2D eigenvalue weighted by molar-refractivity contribution is 5.83. The Morgan fingerprint density at radius 2 is 2.16 bits per heavy atom. The van der Waals surface area contributed by atoms with Crippen LogP contribution in [0, 0.1) is 11.6 Å². The van der Waals surface area contributed by atoms with Crippen LogP contribution >= 0.6 is 0 Å². The number of rotatable bonds is 3. The van der Waals surface area contributed by atoms with E-state index in [2.05, 4.69) is 0 Å². The SMILES string of the molecule is COC1=CC(=O)O[C@@H](C=Cc2ccc(F)c(F)c2)C1. The first-order valence-corrected chi connectivity index (χ1v) is 5.67. The first-order chi connectivity index (χ1) is 9.08. The van der Waals surface area contributed by atoms with Crippen LogP contribution in [-0.2, 0) is 14.3 Å². The van der Waals surface area contributed by atoms with Gasteiger partial charge in [0.2, 0.25) is 0 Å². The van der Waals surface area contributed by atoms with Crippen molar-refractivity contribution in [2.24, 2.45) is 0 Å². The summed E-state index contributed by atoms with van der Waals surface area (Å²) in [4.78, 5) is 11.2. The van der Waals surface area contributed by atoms with E-state index in [1.54, 1.807) is 12.2 Å². The number of methoxy groups -OCH3 is 1. The van der Waals surface area contributed by atoms with Crippen molar-refractivity contribution in [3.63, 3.8) is 0 Å². The summed E-state index contributed by atoms with van der Waals surface area (Å²) < 4.78 is 35.8. The number of benzene rings is 1. The second-order valence-electron chi connectivity index (χ2n) is 4.03. The van der Waals surface area contributed by atoms with Crippen molar-refractivity contribution in [1.82, 2.24) is 0 Å². The Hall–Kier alpha value is -2.17. The third-order valence-corrected chi connectivity index (χ3v) is 2.66. The molecule has 0 fully saturated rings. The molecule has 0 N–H and O–H groups in total. The van der Waals surface area contributed by atoms with E-state index in [1.807, 2.05) is 0 Å².